The number of halogens is 1. The summed E-state index contributed by atoms with van der Waals surface area (Å²) in [4.78, 5) is 9.17. The molecule has 0 radical (unpaired) electrons. The van der Waals surface area contributed by atoms with Crippen LogP contribution in [-0.4, -0.2) is 16.5 Å². The maximum absolute atomic E-state index is 4.60. The number of hydrogen-bond donors (Lipinski definition) is 1. The fourth-order valence-corrected chi connectivity index (χ4v) is 2.19. The zero-order chi connectivity index (χ0) is 13.1. The summed E-state index contributed by atoms with van der Waals surface area (Å²) < 4.78 is 1.01. The Morgan fingerprint density at radius 3 is 2.56 bits per heavy atom. The van der Waals surface area contributed by atoms with Crippen LogP contribution in [0.2, 0.25) is 0 Å². The molecule has 2 rings (SSSR count). The van der Waals surface area contributed by atoms with Gasteiger partial charge in [0.05, 0.1) is 0 Å². The highest BCUT2D eigenvalue weighted by atomic mass is 79.9. The monoisotopic (exact) mass is 305 g/mol. The predicted octanol–water partition coefficient (Wildman–Crippen LogP) is 3.95. The van der Waals surface area contributed by atoms with Gasteiger partial charge in [-0.1, -0.05) is 34.1 Å². The van der Waals surface area contributed by atoms with Crippen molar-refractivity contribution < 1.29 is 0 Å². The predicted molar refractivity (Wildman–Crippen MR) is 78.8 cm³/mol. The average Bonchev–Trinajstić information content (AvgIpc) is 2.35. The summed E-state index contributed by atoms with van der Waals surface area (Å²) in [5.74, 6) is 1.66. The van der Waals surface area contributed by atoms with E-state index in [9.17, 15) is 0 Å². The molecule has 0 spiro atoms. The van der Waals surface area contributed by atoms with Crippen LogP contribution in [0.5, 0.6) is 0 Å². The van der Waals surface area contributed by atoms with Gasteiger partial charge in [0.25, 0.3) is 0 Å². The van der Waals surface area contributed by atoms with Gasteiger partial charge in [0.2, 0.25) is 0 Å². The smallest absolute Gasteiger partial charge is 0.162 e. The van der Waals surface area contributed by atoms with Crippen molar-refractivity contribution in [2.75, 3.05) is 11.9 Å². The molecule has 0 saturated heterocycles. The molecule has 94 valence electrons. The molecule has 0 unspecified atom stereocenters. The largest absolute Gasteiger partial charge is 0.370 e. The van der Waals surface area contributed by atoms with Gasteiger partial charge in [-0.2, -0.15) is 0 Å². The Hall–Kier alpha value is -1.42. The molecule has 0 bridgehead atoms. The van der Waals surface area contributed by atoms with Crippen LogP contribution in [0.1, 0.15) is 18.2 Å². The van der Waals surface area contributed by atoms with Gasteiger partial charge in [-0.25, -0.2) is 9.97 Å². The molecule has 1 N–H and O–H groups in total. The Bertz CT molecular complexity index is 567. The molecule has 0 amide bonds. The van der Waals surface area contributed by atoms with E-state index < -0.39 is 0 Å². The highest BCUT2D eigenvalue weighted by Crippen LogP contribution is 2.27. The first-order chi connectivity index (χ1) is 8.63. The minimum Gasteiger partial charge on any atom is -0.370 e. The maximum Gasteiger partial charge on any atom is 0.162 e. The van der Waals surface area contributed by atoms with E-state index in [-0.39, 0.29) is 0 Å². The summed E-state index contributed by atoms with van der Waals surface area (Å²) in [6.07, 6.45) is 0. The van der Waals surface area contributed by atoms with Crippen molar-refractivity contribution >= 4 is 21.7 Å². The SMILES string of the molecule is CCNc1nc(-c2ccccc2Br)nc(C)c1C. The number of aromatic nitrogens is 2. The number of aryl methyl sites for hydroxylation is 1. The first kappa shape index (κ1) is 13.0. The van der Waals surface area contributed by atoms with Crippen molar-refractivity contribution in [2.45, 2.75) is 20.8 Å². The van der Waals surface area contributed by atoms with Crippen LogP contribution in [-0.2, 0) is 0 Å². The number of anilines is 1. The van der Waals surface area contributed by atoms with Crippen LogP contribution < -0.4 is 5.32 Å². The van der Waals surface area contributed by atoms with E-state index in [2.05, 4.69) is 38.1 Å². The molecule has 0 aliphatic heterocycles. The second-order valence-electron chi connectivity index (χ2n) is 4.12. The van der Waals surface area contributed by atoms with Gasteiger partial charge >= 0.3 is 0 Å². The molecule has 1 aromatic heterocycles. The zero-order valence-corrected chi connectivity index (χ0v) is 12.4. The number of hydrogen-bond acceptors (Lipinski definition) is 3. The normalized spacial score (nSPS) is 10.4. The Labute approximate surface area is 116 Å². The molecule has 1 heterocycles. The van der Waals surface area contributed by atoms with Gasteiger partial charge in [-0.15, -0.1) is 0 Å². The standard InChI is InChI=1S/C14H16BrN3/c1-4-16-13-9(2)10(3)17-14(18-13)11-7-5-6-8-12(11)15/h5-8H,4H2,1-3H3,(H,16,17,18). The van der Waals surface area contributed by atoms with Crippen molar-refractivity contribution in [2.24, 2.45) is 0 Å². The molecule has 3 nitrogen and oxygen atoms in total. The van der Waals surface area contributed by atoms with Crippen molar-refractivity contribution in [3.05, 3.63) is 40.0 Å². The third-order valence-electron chi connectivity index (χ3n) is 2.85. The Morgan fingerprint density at radius 2 is 1.89 bits per heavy atom. The first-order valence-corrected chi connectivity index (χ1v) is 6.76. The van der Waals surface area contributed by atoms with Crippen molar-refractivity contribution in [1.82, 2.24) is 9.97 Å². The van der Waals surface area contributed by atoms with E-state index in [1.165, 1.54) is 0 Å². The molecule has 2 aromatic rings. The lowest BCUT2D eigenvalue weighted by Crippen LogP contribution is -2.06. The lowest BCUT2D eigenvalue weighted by molar-refractivity contribution is 1.05. The van der Waals surface area contributed by atoms with Gasteiger partial charge in [0, 0.05) is 27.8 Å². The van der Waals surface area contributed by atoms with Crippen molar-refractivity contribution in [1.29, 1.82) is 0 Å². The Morgan fingerprint density at radius 1 is 1.17 bits per heavy atom. The number of nitrogens with one attached hydrogen (secondary N) is 1. The van der Waals surface area contributed by atoms with Gasteiger partial charge < -0.3 is 5.32 Å². The van der Waals surface area contributed by atoms with E-state index in [4.69, 9.17) is 0 Å². The fraction of sp³-hybridized carbons (Fsp3) is 0.286. The van der Waals surface area contributed by atoms with Crippen LogP contribution >= 0.6 is 15.9 Å². The average molecular weight is 306 g/mol. The minimum absolute atomic E-state index is 0.751. The van der Waals surface area contributed by atoms with E-state index in [0.29, 0.717) is 0 Å². The molecule has 0 fully saturated rings. The van der Waals surface area contributed by atoms with Crippen LogP contribution in [0.15, 0.2) is 28.7 Å². The van der Waals surface area contributed by atoms with Crippen molar-refractivity contribution in [3.8, 4) is 11.4 Å². The second-order valence-corrected chi connectivity index (χ2v) is 4.97. The maximum atomic E-state index is 4.60. The summed E-state index contributed by atoms with van der Waals surface area (Å²) in [6.45, 7) is 6.97. The van der Waals surface area contributed by atoms with Crippen LogP contribution in [0.3, 0.4) is 0 Å². The Balaban J connectivity index is 2.56. The van der Waals surface area contributed by atoms with E-state index >= 15 is 0 Å². The quantitative estimate of drug-likeness (QED) is 0.933. The summed E-state index contributed by atoms with van der Waals surface area (Å²) in [5.41, 5.74) is 3.12. The number of nitrogens with zero attached hydrogens (tertiary/aromatic N) is 2. The molecular formula is C14H16BrN3. The highest BCUT2D eigenvalue weighted by Gasteiger charge is 2.10. The summed E-state index contributed by atoms with van der Waals surface area (Å²) in [5, 5.41) is 3.28. The second kappa shape index (κ2) is 5.48. The number of benzene rings is 1. The van der Waals surface area contributed by atoms with Crippen LogP contribution in [0.4, 0.5) is 5.82 Å². The molecule has 0 aliphatic carbocycles. The van der Waals surface area contributed by atoms with Gasteiger partial charge in [0.15, 0.2) is 5.82 Å². The lowest BCUT2D eigenvalue weighted by atomic mass is 10.2. The minimum atomic E-state index is 0.751. The van der Waals surface area contributed by atoms with Gasteiger partial charge in [-0.3, -0.25) is 0 Å². The molecule has 4 heteroatoms. The number of rotatable bonds is 3. The highest BCUT2D eigenvalue weighted by molar-refractivity contribution is 9.10. The van der Waals surface area contributed by atoms with Gasteiger partial charge in [-0.05, 0) is 26.8 Å². The molecule has 0 saturated carbocycles. The molecule has 0 atom stereocenters. The molecule has 1 aromatic carbocycles. The fourth-order valence-electron chi connectivity index (χ4n) is 1.73. The summed E-state index contributed by atoms with van der Waals surface area (Å²) >= 11 is 3.54. The van der Waals surface area contributed by atoms with E-state index in [1.807, 2.05) is 38.1 Å². The van der Waals surface area contributed by atoms with Crippen LogP contribution in [0, 0.1) is 13.8 Å². The third kappa shape index (κ3) is 2.53. The van der Waals surface area contributed by atoms with E-state index in [1.54, 1.807) is 0 Å². The lowest BCUT2D eigenvalue weighted by Gasteiger charge is -2.11. The van der Waals surface area contributed by atoms with Gasteiger partial charge in [0.1, 0.15) is 5.82 Å². The topological polar surface area (TPSA) is 37.8 Å². The zero-order valence-electron chi connectivity index (χ0n) is 10.8. The molecule has 0 aliphatic rings. The Kier molecular flexibility index (Phi) is 3.97. The van der Waals surface area contributed by atoms with Crippen molar-refractivity contribution in [3.63, 3.8) is 0 Å². The van der Waals surface area contributed by atoms with Crippen LogP contribution in [0.25, 0.3) is 11.4 Å². The summed E-state index contributed by atoms with van der Waals surface area (Å²) in [7, 11) is 0. The molecule has 18 heavy (non-hydrogen) atoms. The summed E-state index contributed by atoms with van der Waals surface area (Å²) in [6, 6.07) is 8.00. The molecular weight excluding hydrogens is 290 g/mol. The first-order valence-electron chi connectivity index (χ1n) is 5.97. The van der Waals surface area contributed by atoms with E-state index in [0.717, 1.165) is 39.5 Å². The third-order valence-corrected chi connectivity index (χ3v) is 3.54.